The van der Waals surface area contributed by atoms with Gasteiger partial charge in [0.05, 0.1) is 17.1 Å². The summed E-state index contributed by atoms with van der Waals surface area (Å²) in [6.07, 6.45) is 0. The topological polar surface area (TPSA) is 64.0 Å². The zero-order valence-electron chi connectivity index (χ0n) is 16.8. The molecule has 1 aromatic heterocycles. The molecular weight excluding hydrogens is 370 g/mol. The smallest absolute Gasteiger partial charge is 0.240 e. The van der Waals surface area contributed by atoms with Gasteiger partial charge in [-0.15, -0.1) is 0 Å². The van der Waals surface area contributed by atoms with Gasteiger partial charge in [0.25, 0.3) is 0 Å². The average molecular weight is 398 g/mol. The van der Waals surface area contributed by atoms with Crippen LogP contribution in [-0.2, 0) is 23.1 Å². The molecule has 0 spiro atoms. The Hall–Kier alpha value is -2.44. The summed E-state index contributed by atoms with van der Waals surface area (Å²) in [4.78, 5) is 0.281. The number of benzene rings is 2. The second-order valence-electron chi connectivity index (χ2n) is 7.34. The molecule has 3 rings (SSSR count). The summed E-state index contributed by atoms with van der Waals surface area (Å²) in [5.41, 5.74) is 5.00. The lowest BCUT2D eigenvalue weighted by Gasteiger charge is -2.10. The number of sulfonamides is 1. The van der Waals surface area contributed by atoms with Gasteiger partial charge in [-0.3, -0.25) is 4.68 Å². The van der Waals surface area contributed by atoms with Crippen molar-refractivity contribution >= 4 is 10.0 Å². The van der Waals surface area contributed by atoms with Crippen molar-refractivity contribution in [3.63, 3.8) is 0 Å². The van der Waals surface area contributed by atoms with Gasteiger partial charge in [0.1, 0.15) is 0 Å². The summed E-state index contributed by atoms with van der Waals surface area (Å²) in [6.45, 7) is 8.94. The van der Waals surface area contributed by atoms with E-state index in [-0.39, 0.29) is 11.4 Å². The minimum Gasteiger partial charge on any atom is -0.265 e. The molecule has 0 aliphatic heterocycles. The van der Waals surface area contributed by atoms with E-state index in [1.807, 2.05) is 48.9 Å². The minimum atomic E-state index is -3.57. The molecule has 0 unspecified atom stereocenters. The van der Waals surface area contributed by atoms with Gasteiger partial charge < -0.3 is 0 Å². The lowest BCUT2D eigenvalue weighted by Crippen LogP contribution is -2.24. The Morgan fingerprint density at radius 2 is 1.64 bits per heavy atom. The molecule has 0 amide bonds. The summed E-state index contributed by atoms with van der Waals surface area (Å²) in [5, 5.41) is 4.59. The van der Waals surface area contributed by atoms with E-state index in [1.165, 1.54) is 0 Å². The molecule has 5 nitrogen and oxygen atoms in total. The van der Waals surface area contributed by atoms with Crippen LogP contribution in [0.5, 0.6) is 0 Å². The molecule has 0 atom stereocenters. The maximum Gasteiger partial charge on any atom is 0.240 e. The molecule has 3 aromatic rings. The number of aromatic nitrogens is 2. The Morgan fingerprint density at radius 1 is 1.00 bits per heavy atom. The summed E-state index contributed by atoms with van der Waals surface area (Å²) < 4.78 is 30.0. The molecule has 0 fully saturated rings. The van der Waals surface area contributed by atoms with Crippen LogP contribution in [0.2, 0.25) is 0 Å². The Balaban J connectivity index is 1.75. The number of nitrogens with one attached hydrogen (secondary N) is 1. The van der Waals surface area contributed by atoms with E-state index in [0.29, 0.717) is 12.5 Å². The van der Waals surface area contributed by atoms with Crippen molar-refractivity contribution in [1.82, 2.24) is 14.5 Å². The van der Waals surface area contributed by atoms with Crippen molar-refractivity contribution in [2.45, 2.75) is 51.6 Å². The third-order valence-electron chi connectivity index (χ3n) is 5.00. The van der Waals surface area contributed by atoms with Crippen LogP contribution in [0.25, 0.3) is 0 Å². The normalized spacial score (nSPS) is 11.9. The second kappa shape index (κ2) is 8.29. The third-order valence-corrected chi connectivity index (χ3v) is 6.42. The van der Waals surface area contributed by atoms with E-state index in [4.69, 9.17) is 0 Å². The zero-order valence-corrected chi connectivity index (χ0v) is 17.6. The van der Waals surface area contributed by atoms with Crippen LogP contribution >= 0.6 is 0 Å². The third kappa shape index (κ3) is 4.51. The molecular formula is C22H27N3O2S. The first-order valence-corrected chi connectivity index (χ1v) is 10.9. The second-order valence-corrected chi connectivity index (χ2v) is 9.11. The fourth-order valence-corrected chi connectivity index (χ4v) is 4.18. The Labute approximate surface area is 167 Å². The van der Waals surface area contributed by atoms with E-state index >= 15 is 0 Å². The molecule has 148 valence electrons. The number of rotatable bonds is 7. The van der Waals surface area contributed by atoms with Crippen molar-refractivity contribution in [3.05, 3.63) is 82.7 Å². The molecule has 28 heavy (non-hydrogen) atoms. The van der Waals surface area contributed by atoms with Crippen LogP contribution in [-0.4, -0.2) is 18.2 Å². The van der Waals surface area contributed by atoms with Crippen LogP contribution in [0.3, 0.4) is 0 Å². The lowest BCUT2D eigenvalue weighted by molar-refractivity contribution is 0.581. The van der Waals surface area contributed by atoms with E-state index in [0.717, 1.165) is 28.1 Å². The number of hydrogen-bond acceptors (Lipinski definition) is 3. The molecule has 0 saturated carbocycles. The quantitative estimate of drug-likeness (QED) is 0.651. The number of hydrogen-bond donors (Lipinski definition) is 1. The molecule has 1 heterocycles. The largest absolute Gasteiger partial charge is 0.265 e. The monoisotopic (exact) mass is 397 g/mol. The fraction of sp³-hybridized carbons (Fsp3) is 0.318. The van der Waals surface area contributed by atoms with Gasteiger partial charge in [-0.2, -0.15) is 5.10 Å². The maximum absolute atomic E-state index is 12.7. The minimum absolute atomic E-state index is 0.223. The average Bonchev–Trinajstić information content (AvgIpc) is 2.94. The van der Waals surface area contributed by atoms with Gasteiger partial charge in [0.2, 0.25) is 10.0 Å². The fourth-order valence-electron chi connectivity index (χ4n) is 3.18. The highest BCUT2D eigenvalue weighted by Crippen LogP contribution is 2.19. The van der Waals surface area contributed by atoms with Crippen molar-refractivity contribution in [2.24, 2.45) is 0 Å². The van der Waals surface area contributed by atoms with Gasteiger partial charge in [0, 0.05) is 17.8 Å². The molecule has 0 aliphatic rings. The van der Waals surface area contributed by atoms with E-state index < -0.39 is 10.0 Å². The Morgan fingerprint density at radius 3 is 2.25 bits per heavy atom. The van der Waals surface area contributed by atoms with E-state index in [9.17, 15) is 8.42 Å². The first-order valence-electron chi connectivity index (χ1n) is 9.44. The first kappa shape index (κ1) is 20.3. The standard InChI is InChI=1S/C22H27N3O2S/c1-16(2)20-10-12-21(13-11-20)28(26,27)23-14-22-17(3)24-25(18(22)4)15-19-8-6-5-7-9-19/h5-13,16,23H,14-15H2,1-4H3. The van der Waals surface area contributed by atoms with Crippen molar-refractivity contribution < 1.29 is 8.42 Å². The van der Waals surface area contributed by atoms with Gasteiger partial charge in [0.15, 0.2) is 0 Å². The van der Waals surface area contributed by atoms with Crippen molar-refractivity contribution in [1.29, 1.82) is 0 Å². The highest BCUT2D eigenvalue weighted by molar-refractivity contribution is 7.89. The predicted molar refractivity (Wildman–Crippen MR) is 112 cm³/mol. The molecule has 0 saturated heterocycles. The van der Waals surface area contributed by atoms with Crippen LogP contribution in [0.1, 0.15) is 47.8 Å². The summed E-state index contributed by atoms with van der Waals surface area (Å²) in [5.74, 6) is 0.366. The molecule has 0 bridgehead atoms. The zero-order chi connectivity index (χ0) is 20.3. The van der Waals surface area contributed by atoms with E-state index in [1.54, 1.807) is 12.1 Å². The van der Waals surface area contributed by atoms with Gasteiger partial charge in [-0.1, -0.05) is 56.3 Å². The SMILES string of the molecule is Cc1nn(Cc2ccccc2)c(C)c1CNS(=O)(=O)c1ccc(C(C)C)cc1. The number of aryl methyl sites for hydroxylation is 1. The highest BCUT2D eigenvalue weighted by Gasteiger charge is 2.18. The number of nitrogens with zero attached hydrogens (tertiary/aromatic N) is 2. The van der Waals surface area contributed by atoms with Crippen molar-refractivity contribution in [3.8, 4) is 0 Å². The molecule has 0 radical (unpaired) electrons. The summed E-state index contributed by atoms with van der Waals surface area (Å²) in [6, 6.07) is 17.2. The molecule has 2 aromatic carbocycles. The molecule has 0 aliphatic carbocycles. The van der Waals surface area contributed by atoms with Crippen LogP contribution in [0.15, 0.2) is 59.5 Å². The Kier molecular flexibility index (Phi) is 6.01. The van der Waals surface area contributed by atoms with Crippen LogP contribution in [0, 0.1) is 13.8 Å². The Bertz CT molecular complexity index is 1040. The summed E-state index contributed by atoms with van der Waals surface area (Å²) in [7, 11) is -3.57. The lowest BCUT2D eigenvalue weighted by atomic mass is 10.0. The summed E-state index contributed by atoms with van der Waals surface area (Å²) >= 11 is 0. The van der Waals surface area contributed by atoms with Crippen LogP contribution < -0.4 is 4.72 Å². The van der Waals surface area contributed by atoms with Gasteiger partial charge in [-0.25, -0.2) is 13.1 Å². The van der Waals surface area contributed by atoms with Crippen LogP contribution in [0.4, 0.5) is 0 Å². The maximum atomic E-state index is 12.7. The predicted octanol–water partition coefficient (Wildman–Crippen LogP) is 4.15. The van der Waals surface area contributed by atoms with Crippen molar-refractivity contribution in [2.75, 3.05) is 0 Å². The highest BCUT2D eigenvalue weighted by atomic mass is 32.2. The molecule has 1 N–H and O–H groups in total. The first-order chi connectivity index (χ1) is 13.3. The van der Waals surface area contributed by atoms with Gasteiger partial charge in [-0.05, 0) is 43.0 Å². The van der Waals surface area contributed by atoms with Gasteiger partial charge >= 0.3 is 0 Å². The molecule has 6 heteroatoms. The van der Waals surface area contributed by atoms with E-state index in [2.05, 4.69) is 35.8 Å².